The number of hydrogen-bond acceptors (Lipinski definition) is 6. The molecule has 1 aromatic carbocycles. The van der Waals surface area contributed by atoms with E-state index in [0.29, 0.717) is 12.8 Å². The quantitative estimate of drug-likeness (QED) is 0.0301. The summed E-state index contributed by atoms with van der Waals surface area (Å²) in [5.74, 6) is -1.73. The summed E-state index contributed by atoms with van der Waals surface area (Å²) in [6, 6.07) is 3.78. The normalized spacial score (nSPS) is 11.9. The lowest BCUT2D eigenvalue weighted by atomic mass is 10.0. The molecule has 0 saturated carbocycles. The molecule has 0 heterocycles. The van der Waals surface area contributed by atoms with Crippen LogP contribution in [0.5, 0.6) is 0 Å². The third-order valence-electron chi connectivity index (χ3n) is 12.2. The van der Waals surface area contributed by atoms with Crippen molar-refractivity contribution in [3.05, 3.63) is 53.6 Å². The van der Waals surface area contributed by atoms with Crippen LogP contribution in [0, 0.1) is 0 Å². The summed E-state index contributed by atoms with van der Waals surface area (Å²) in [4.78, 5) is 25.5. The molecule has 7 nitrogen and oxygen atoms in total. The zero-order chi connectivity index (χ0) is 45.0. The molecule has 0 aliphatic rings. The number of unbranched alkanes of at least 4 members (excludes halogenated alkanes) is 36. The molecule has 62 heavy (non-hydrogen) atoms. The highest BCUT2D eigenvalue weighted by atomic mass is 32.2. The van der Waals surface area contributed by atoms with Gasteiger partial charge in [-0.05, 0) is 64.5 Å². The van der Waals surface area contributed by atoms with Crippen molar-refractivity contribution in [2.24, 2.45) is 0 Å². The highest BCUT2D eigenvalue weighted by Crippen LogP contribution is 2.23. The summed E-state index contributed by atoms with van der Waals surface area (Å²) < 4.78 is 45.0. The van der Waals surface area contributed by atoms with Crippen molar-refractivity contribution >= 4 is 22.1 Å². The Morgan fingerprint density at radius 1 is 0.435 bits per heavy atom. The molecule has 0 atom stereocenters. The molecule has 0 aliphatic heterocycles. The summed E-state index contributed by atoms with van der Waals surface area (Å²) in [5, 5.41) is 0. The second-order valence-electron chi connectivity index (χ2n) is 17.9. The molecule has 8 heteroatoms. The summed E-state index contributed by atoms with van der Waals surface area (Å²) in [5.41, 5.74) is -0.664. The van der Waals surface area contributed by atoms with Gasteiger partial charge >= 0.3 is 11.9 Å². The van der Waals surface area contributed by atoms with Crippen molar-refractivity contribution in [3.63, 3.8) is 0 Å². The van der Waals surface area contributed by atoms with E-state index in [2.05, 4.69) is 38.2 Å². The first-order chi connectivity index (χ1) is 30.3. The van der Waals surface area contributed by atoms with E-state index >= 15 is 0 Å². The number of esters is 2. The molecule has 0 spiro atoms. The van der Waals surface area contributed by atoms with Gasteiger partial charge in [0.25, 0.3) is 10.1 Å². The average molecular weight is 887 g/mol. The average Bonchev–Trinajstić information content (AvgIpc) is 3.26. The minimum Gasteiger partial charge on any atom is -0.462 e. The minimum absolute atomic E-state index is 0.113. The first-order valence-corrected chi connectivity index (χ1v) is 27.4. The van der Waals surface area contributed by atoms with Crippen LogP contribution in [0.4, 0.5) is 0 Å². The number of allylic oxidation sites excluding steroid dienone is 4. The fraction of sp³-hybridized carbons (Fsp3) is 0.778. The van der Waals surface area contributed by atoms with Gasteiger partial charge in [0.1, 0.15) is 4.90 Å². The molecule has 0 unspecified atom stereocenters. The maximum absolute atomic E-state index is 13.1. The van der Waals surface area contributed by atoms with Crippen LogP contribution in [0.3, 0.4) is 0 Å². The molecule has 0 bridgehead atoms. The standard InChI is InChI=1S/C54H94O7S/c1-3-5-7-9-11-13-15-17-19-21-23-25-27-29-31-33-35-37-39-41-43-48-60-53(55)50-46-45-47-51(62(57,58)59)52(50)54(56)61-49-44-42-40-38-36-34-32-30-28-26-24-22-20-18-16-14-12-10-8-6-4-2/h3-6,45-47H,7-44,48-49H2,1-2H3,(H,57,58,59)/b5-3+,6-4+. The summed E-state index contributed by atoms with van der Waals surface area (Å²) in [6.45, 7) is 4.49. The second-order valence-corrected chi connectivity index (χ2v) is 19.3. The van der Waals surface area contributed by atoms with Gasteiger partial charge in [-0.2, -0.15) is 8.42 Å². The number of carbonyl (C=O) groups excluding carboxylic acids is 2. The Labute approximate surface area is 382 Å². The molecule has 0 aliphatic carbocycles. The Morgan fingerprint density at radius 2 is 0.710 bits per heavy atom. The second kappa shape index (κ2) is 42.5. The lowest BCUT2D eigenvalue weighted by Crippen LogP contribution is -2.19. The van der Waals surface area contributed by atoms with E-state index in [1.165, 1.54) is 205 Å². The SMILES string of the molecule is C/C=C/CCCCCCCCCCCCCCCCCCCCOC(=O)c1cccc(S(=O)(=O)O)c1C(=O)OCCCCCCCCCCCCCCCCCCCC/C=C/C. The fourth-order valence-electron chi connectivity index (χ4n) is 8.33. The molecule has 0 fully saturated rings. The van der Waals surface area contributed by atoms with Gasteiger partial charge in [-0.3, -0.25) is 4.55 Å². The smallest absolute Gasteiger partial charge is 0.340 e. The van der Waals surface area contributed by atoms with E-state index in [1.807, 2.05) is 0 Å². The van der Waals surface area contributed by atoms with Crippen LogP contribution in [-0.4, -0.2) is 38.1 Å². The molecule has 0 aromatic heterocycles. The number of benzene rings is 1. The van der Waals surface area contributed by atoms with E-state index in [-0.39, 0.29) is 18.8 Å². The van der Waals surface area contributed by atoms with Crippen LogP contribution in [-0.2, 0) is 19.6 Å². The van der Waals surface area contributed by atoms with Crippen LogP contribution in [0.1, 0.15) is 279 Å². The van der Waals surface area contributed by atoms with Gasteiger partial charge in [0.2, 0.25) is 0 Å². The molecular formula is C54H94O7S. The van der Waals surface area contributed by atoms with Crippen molar-refractivity contribution in [3.8, 4) is 0 Å². The van der Waals surface area contributed by atoms with Crippen LogP contribution in [0.15, 0.2) is 47.4 Å². The molecule has 1 rings (SSSR count). The highest BCUT2D eigenvalue weighted by molar-refractivity contribution is 7.86. The molecular weight excluding hydrogens is 793 g/mol. The van der Waals surface area contributed by atoms with Crippen LogP contribution < -0.4 is 0 Å². The maximum Gasteiger partial charge on any atom is 0.340 e. The van der Waals surface area contributed by atoms with E-state index in [4.69, 9.17) is 9.47 Å². The monoisotopic (exact) mass is 887 g/mol. The highest BCUT2D eigenvalue weighted by Gasteiger charge is 2.28. The number of rotatable bonds is 45. The Morgan fingerprint density at radius 3 is 1.00 bits per heavy atom. The Balaban J connectivity index is 2.11. The molecule has 1 aromatic rings. The van der Waals surface area contributed by atoms with Crippen molar-refractivity contribution < 1.29 is 32.0 Å². The molecule has 0 saturated heterocycles. The summed E-state index contributed by atoms with van der Waals surface area (Å²) in [6.07, 6.45) is 56.6. The van der Waals surface area contributed by atoms with Gasteiger partial charge in [0, 0.05) is 0 Å². The summed E-state index contributed by atoms with van der Waals surface area (Å²) >= 11 is 0. The Kier molecular flexibility index (Phi) is 39.5. The first kappa shape index (κ1) is 57.6. The van der Waals surface area contributed by atoms with E-state index in [0.717, 1.165) is 44.6 Å². The van der Waals surface area contributed by atoms with E-state index in [1.54, 1.807) is 0 Å². The van der Waals surface area contributed by atoms with Gasteiger partial charge < -0.3 is 9.47 Å². The zero-order valence-corrected chi connectivity index (χ0v) is 40.9. The number of carbonyl (C=O) groups is 2. The van der Waals surface area contributed by atoms with Gasteiger partial charge in [-0.1, -0.05) is 236 Å². The maximum atomic E-state index is 13.1. The van der Waals surface area contributed by atoms with Crippen LogP contribution >= 0.6 is 0 Å². The van der Waals surface area contributed by atoms with Crippen molar-refractivity contribution in [1.29, 1.82) is 0 Å². The van der Waals surface area contributed by atoms with E-state index in [9.17, 15) is 22.6 Å². The largest absolute Gasteiger partial charge is 0.462 e. The summed E-state index contributed by atoms with van der Waals surface area (Å²) in [7, 11) is -4.77. The third kappa shape index (κ3) is 34.0. The van der Waals surface area contributed by atoms with Crippen LogP contribution in [0.2, 0.25) is 0 Å². The lowest BCUT2D eigenvalue weighted by Gasteiger charge is -2.13. The van der Waals surface area contributed by atoms with Crippen molar-refractivity contribution in [2.75, 3.05) is 13.2 Å². The van der Waals surface area contributed by atoms with Gasteiger partial charge in [0.15, 0.2) is 0 Å². The van der Waals surface area contributed by atoms with E-state index < -0.39 is 32.5 Å². The predicted molar refractivity (Wildman–Crippen MR) is 262 cm³/mol. The lowest BCUT2D eigenvalue weighted by molar-refractivity contribution is 0.0446. The van der Waals surface area contributed by atoms with Gasteiger partial charge in [0.05, 0.1) is 24.3 Å². The van der Waals surface area contributed by atoms with Gasteiger partial charge in [-0.25, -0.2) is 9.59 Å². The molecule has 0 radical (unpaired) electrons. The molecule has 1 N–H and O–H groups in total. The topological polar surface area (TPSA) is 107 Å². The number of ether oxygens (including phenoxy) is 2. The first-order valence-electron chi connectivity index (χ1n) is 26.0. The van der Waals surface area contributed by atoms with Crippen molar-refractivity contribution in [1.82, 2.24) is 0 Å². The van der Waals surface area contributed by atoms with Crippen molar-refractivity contribution in [2.45, 2.75) is 263 Å². The van der Waals surface area contributed by atoms with Gasteiger partial charge in [-0.15, -0.1) is 0 Å². The Hall–Kier alpha value is -2.45. The zero-order valence-electron chi connectivity index (χ0n) is 40.1. The molecule has 358 valence electrons. The Bertz CT molecular complexity index is 1370. The van der Waals surface area contributed by atoms with Crippen LogP contribution in [0.25, 0.3) is 0 Å². The minimum atomic E-state index is -4.77. The molecule has 0 amide bonds. The predicted octanol–water partition coefficient (Wildman–Crippen LogP) is 17.2. The fourth-order valence-corrected chi connectivity index (χ4v) is 9.03. The third-order valence-corrected chi connectivity index (χ3v) is 13.1. The number of hydrogen-bond donors (Lipinski definition) is 1.